The van der Waals surface area contributed by atoms with Crippen LogP contribution in [-0.4, -0.2) is 72.1 Å². The molecule has 4 rings (SSSR count). The highest BCUT2D eigenvalue weighted by molar-refractivity contribution is 6.46. The third-order valence-corrected chi connectivity index (χ3v) is 5.99. The third kappa shape index (κ3) is 5.13. The molecule has 0 spiro atoms. The van der Waals surface area contributed by atoms with Crippen LogP contribution in [0, 0.1) is 5.82 Å². The Hall–Kier alpha value is -3.23. The van der Waals surface area contributed by atoms with Gasteiger partial charge in [-0.25, -0.2) is 4.39 Å². The molecule has 2 saturated heterocycles. The largest absolute Gasteiger partial charge is 0.507 e. The number of amides is 1. The molecular weight excluding hydrogens is 439 g/mol. The maximum Gasteiger partial charge on any atom is 0.295 e. The SMILES string of the molecule is CC(C)Oc1ccc(C2C(=C(O)c3ccc(F)cc3)C(=O)C(=O)N2CCN2CCOCC2)cc1. The number of halogens is 1. The van der Waals surface area contributed by atoms with E-state index < -0.39 is 23.5 Å². The highest BCUT2D eigenvalue weighted by atomic mass is 19.1. The van der Waals surface area contributed by atoms with E-state index in [-0.39, 0.29) is 23.0 Å². The lowest BCUT2D eigenvalue weighted by Crippen LogP contribution is -2.42. The van der Waals surface area contributed by atoms with E-state index in [1.165, 1.54) is 29.2 Å². The molecule has 2 aliphatic rings. The number of morpholine rings is 1. The Morgan fingerprint density at radius 1 is 1.06 bits per heavy atom. The van der Waals surface area contributed by atoms with Crippen LogP contribution in [0.15, 0.2) is 54.1 Å². The van der Waals surface area contributed by atoms with E-state index in [1.807, 2.05) is 13.8 Å². The molecule has 0 saturated carbocycles. The first-order chi connectivity index (χ1) is 16.3. The Morgan fingerprint density at radius 3 is 2.32 bits per heavy atom. The number of ketones is 1. The van der Waals surface area contributed by atoms with E-state index in [1.54, 1.807) is 24.3 Å². The molecule has 2 fully saturated rings. The molecule has 1 unspecified atom stereocenters. The number of carbonyl (C=O) groups excluding carboxylic acids is 2. The zero-order valence-corrected chi connectivity index (χ0v) is 19.4. The lowest BCUT2D eigenvalue weighted by Gasteiger charge is -2.31. The molecule has 0 aliphatic carbocycles. The first-order valence-electron chi connectivity index (χ1n) is 11.5. The quantitative estimate of drug-likeness (QED) is 0.381. The predicted octanol–water partition coefficient (Wildman–Crippen LogP) is 3.37. The number of benzene rings is 2. The molecule has 34 heavy (non-hydrogen) atoms. The van der Waals surface area contributed by atoms with E-state index in [4.69, 9.17) is 9.47 Å². The topological polar surface area (TPSA) is 79.3 Å². The minimum absolute atomic E-state index is 0.00323. The van der Waals surface area contributed by atoms with Crippen LogP contribution in [0.5, 0.6) is 5.75 Å². The molecule has 2 aliphatic heterocycles. The van der Waals surface area contributed by atoms with E-state index in [0.717, 1.165) is 13.1 Å². The van der Waals surface area contributed by atoms with Gasteiger partial charge >= 0.3 is 0 Å². The van der Waals surface area contributed by atoms with Crippen molar-refractivity contribution in [2.75, 3.05) is 39.4 Å². The van der Waals surface area contributed by atoms with E-state index in [2.05, 4.69) is 4.90 Å². The smallest absolute Gasteiger partial charge is 0.295 e. The van der Waals surface area contributed by atoms with Gasteiger partial charge in [0.1, 0.15) is 17.3 Å². The van der Waals surface area contributed by atoms with Crippen LogP contribution in [0.3, 0.4) is 0 Å². The molecule has 8 heteroatoms. The van der Waals surface area contributed by atoms with Crippen LogP contribution in [0.4, 0.5) is 4.39 Å². The molecule has 2 heterocycles. The predicted molar refractivity (Wildman–Crippen MR) is 125 cm³/mol. The van der Waals surface area contributed by atoms with Gasteiger partial charge < -0.3 is 19.5 Å². The minimum Gasteiger partial charge on any atom is -0.507 e. The molecule has 0 radical (unpaired) electrons. The second-order valence-electron chi connectivity index (χ2n) is 8.69. The number of rotatable bonds is 7. The summed E-state index contributed by atoms with van der Waals surface area (Å²) in [5, 5.41) is 11.0. The van der Waals surface area contributed by atoms with Gasteiger partial charge in [0.05, 0.1) is 30.9 Å². The summed E-state index contributed by atoms with van der Waals surface area (Å²) in [7, 11) is 0. The molecule has 1 N–H and O–H groups in total. The van der Waals surface area contributed by atoms with Gasteiger partial charge in [-0.3, -0.25) is 14.5 Å². The zero-order valence-electron chi connectivity index (χ0n) is 19.4. The van der Waals surface area contributed by atoms with E-state index in [0.29, 0.717) is 37.6 Å². The zero-order chi connectivity index (χ0) is 24.2. The first-order valence-corrected chi connectivity index (χ1v) is 11.5. The number of aliphatic hydroxyl groups is 1. The van der Waals surface area contributed by atoms with Crippen molar-refractivity contribution in [3.63, 3.8) is 0 Å². The van der Waals surface area contributed by atoms with Gasteiger partial charge in [-0.2, -0.15) is 0 Å². The van der Waals surface area contributed by atoms with Gasteiger partial charge in [-0.05, 0) is 55.8 Å². The molecule has 180 valence electrons. The van der Waals surface area contributed by atoms with Crippen LogP contribution in [-0.2, 0) is 14.3 Å². The van der Waals surface area contributed by atoms with Crippen LogP contribution in [0.25, 0.3) is 5.76 Å². The van der Waals surface area contributed by atoms with Gasteiger partial charge in [0, 0.05) is 31.7 Å². The van der Waals surface area contributed by atoms with Crippen molar-refractivity contribution >= 4 is 17.4 Å². The number of likely N-dealkylation sites (tertiary alicyclic amines) is 1. The summed E-state index contributed by atoms with van der Waals surface area (Å²) in [5.74, 6) is -1.53. The number of hydrogen-bond acceptors (Lipinski definition) is 6. The van der Waals surface area contributed by atoms with Crippen molar-refractivity contribution in [2.45, 2.75) is 26.0 Å². The fourth-order valence-corrected chi connectivity index (χ4v) is 4.30. The Morgan fingerprint density at radius 2 is 1.71 bits per heavy atom. The lowest BCUT2D eigenvalue weighted by atomic mass is 9.95. The third-order valence-electron chi connectivity index (χ3n) is 5.99. The number of nitrogens with zero attached hydrogens (tertiary/aromatic N) is 2. The van der Waals surface area contributed by atoms with Crippen LogP contribution >= 0.6 is 0 Å². The van der Waals surface area contributed by atoms with Gasteiger partial charge in [0.15, 0.2) is 0 Å². The summed E-state index contributed by atoms with van der Waals surface area (Å²) in [6, 6.07) is 11.6. The van der Waals surface area contributed by atoms with Crippen molar-refractivity contribution < 1.29 is 28.6 Å². The Bertz CT molecular complexity index is 1060. The van der Waals surface area contributed by atoms with Gasteiger partial charge in [-0.15, -0.1) is 0 Å². The van der Waals surface area contributed by atoms with Crippen molar-refractivity contribution in [2.24, 2.45) is 0 Å². The van der Waals surface area contributed by atoms with Crippen molar-refractivity contribution in [1.29, 1.82) is 0 Å². The summed E-state index contributed by atoms with van der Waals surface area (Å²) < 4.78 is 24.5. The fraction of sp³-hybridized carbons (Fsp3) is 0.385. The second kappa shape index (κ2) is 10.4. The number of Topliss-reactive ketones (excluding diaryl/α,β-unsaturated/α-hetero) is 1. The monoisotopic (exact) mass is 468 g/mol. The Kier molecular flexibility index (Phi) is 7.29. The highest BCUT2D eigenvalue weighted by Crippen LogP contribution is 2.39. The molecule has 1 amide bonds. The van der Waals surface area contributed by atoms with Crippen LogP contribution < -0.4 is 4.74 Å². The maximum atomic E-state index is 13.4. The summed E-state index contributed by atoms with van der Waals surface area (Å²) in [5.41, 5.74) is 0.953. The van der Waals surface area contributed by atoms with Crippen molar-refractivity contribution in [1.82, 2.24) is 9.80 Å². The lowest BCUT2D eigenvalue weighted by molar-refractivity contribution is -0.140. The standard InChI is InChI=1S/C26H29FN2O5/c1-17(2)34-21-9-5-18(6-10-21)23-22(24(30)19-3-7-20(27)8-4-19)25(31)26(32)29(23)12-11-28-13-15-33-16-14-28/h3-10,17,23,30H,11-16H2,1-2H3. The summed E-state index contributed by atoms with van der Waals surface area (Å²) >= 11 is 0. The summed E-state index contributed by atoms with van der Waals surface area (Å²) in [6.45, 7) is 7.52. The van der Waals surface area contributed by atoms with E-state index >= 15 is 0 Å². The summed E-state index contributed by atoms with van der Waals surface area (Å²) in [6.07, 6.45) is 0.00323. The average Bonchev–Trinajstić information content (AvgIpc) is 3.08. The van der Waals surface area contributed by atoms with Crippen molar-refractivity contribution in [3.8, 4) is 5.75 Å². The maximum absolute atomic E-state index is 13.4. The van der Waals surface area contributed by atoms with Crippen LogP contribution in [0.1, 0.15) is 31.0 Å². The molecule has 0 aromatic heterocycles. The second-order valence-corrected chi connectivity index (χ2v) is 8.69. The molecule has 7 nitrogen and oxygen atoms in total. The first kappa shape index (κ1) is 23.9. The molecule has 2 aromatic rings. The van der Waals surface area contributed by atoms with Gasteiger partial charge in [0.2, 0.25) is 0 Å². The normalized spacial score (nSPS) is 20.8. The van der Waals surface area contributed by atoms with E-state index in [9.17, 15) is 19.1 Å². The Balaban J connectivity index is 1.71. The minimum atomic E-state index is -0.765. The van der Waals surface area contributed by atoms with Gasteiger partial charge in [0.25, 0.3) is 11.7 Å². The number of carbonyl (C=O) groups is 2. The molecular formula is C26H29FN2O5. The van der Waals surface area contributed by atoms with Crippen LogP contribution in [0.2, 0.25) is 0 Å². The van der Waals surface area contributed by atoms with Crippen molar-refractivity contribution in [3.05, 3.63) is 71.0 Å². The van der Waals surface area contributed by atoms with Gasteiger partial charge in [-0.1, -0.05) is 12.1 Å². The fourth-order valence-electron chi connectivity index (χ4n) is 4.30. The molecule has 2 aromatic carbocycles. The number of aliphatic hydroxyl groups excluding tert-OH is 1. The average molecular weight is 469 g/mol. The Labute approximate surface area is 198 Å². The molecule has 1 atom stereocenters. The number of hydrogen-bond donors (Lipinski definition) is 1. The number of ether oxygens (including phenoxy) is 2. The highest BCUT2D eigenvalue weighted by Gasteiger charge is 2.46. The molecule has 0 bridgehead atoms. The summed E-state index contributed by atoms with van der Waals surface area (Å²) in [4.78, 5) is 29.9.